The molecule has 8 nitrogen and oxygen atoms in total. The molecule has 0 radical (unpaired) electrons. The van der Waals surface area contributed by atoms with Gasteiger partial charge in [0, 0.05) is 30.2 Å². The number of ether oxygens (including phenoxy) is 2. The number of likely N-dealkylation sites (tertiary alicyclic amines) is 1. The molecule has 2 aliphatic rings. The Morgan fingerprint density at radius 1 is 1.09 bits per heavy atom. The quantitative estimate of drug-likeness (QED) is 0.570. The zero-order valence-corrected chi connectivity index (χ0v) is 21.0. The number of carbonyl (C=O) groups is 2. The Bertz CT molecular complexity index is 1110. The highest BCUT2D eigenvalue weighted by atomic mass is 16.5. The van der Waals surface area contributed by atoms with Gasteiger partial charge >= 0.3 is 0 Å². The average Bonchev–Trinajstić information content (AvgIpc) is 3.21. The fourth-order valence-electron chi connectivity index (χ4n) is 4.74. The number of carbonyl (C=O) groups excluding carboxylic acids is 2. The van der Waals surface area contributed by atoms with Gasteiger partial charge in [-0.3, -0.25) is 19.5 Å². The highest BCUT2D eigenvalue weighted by Gasteiger charge is 2.35. The van der Waals surface area contributed by atoms with Crippen LogP contribution in [0.5, 0.6) is 11.5 Å². The standard InChI is InChI=1S/C27H34N4O4/c1-5-21(26-20-15-23(34-3)24(35-4)16-22(20)29-27(26)33)28-18-9-11-19(12-10-18)30(2)25(32)17-31-13-7-6-8-14-31/h9-12,15-16,26H,5-8,13-14,17H2,1-4H3,(H,29,33). The minimum atomic E-state index is -0.497. The van der Waals surface area contributed by atoms with Gasteiger partial charge in [-0.15, -0.1) is 0 Å². The molecule has 1 saturated heterocycles. The molecule has 2 aromatic carbocycles. The van der Waals surface area contributed by atoms with Crippen LogP contribution in [-0.2, 0) is 9.59 Å². The van der Waals surface area contributed by atoms with Gasteiger partial charge in [-0.05, 0) is 68.2 Å². The maximum absolute atomic E-state index is 12.9. The minimum Gasteiger partial charge on any atom is -0.493 e. The van der Waals surface area contributed by atoms with Gasteiger partial charge < -0.3 is 19.7 Å². The molecule has 1 unspecified atom stereocenters. The molecule has 186 valence electrons. The number of nitrogens with zero attached hydrogens (tertiary/aromatic N) is 3. The molecule has 2 amide bonds. The molecule has 0 spiro atoms. The first-order valence-corrected chi connectivity index (χ1v) is 12.2. The van der Waals surface area contributed by atoms with Crippen molar-refractivity contribution >= 4 is 34.6 Å². The van der Waals surface area contributed by atoms with E-state index in [0.29, 0.717) is 30.2 Å². The molecule has 1 atom stereocenters. The fraction of sp³-hybridized carbons (Fsp3) is 0.444. The van der Waals surface area contributed by atoms with Crippen LogP contribution in [0, 0.1) is 0 Å². The van der Waals surface area contributed by atoms with Crippen molar-refractivity contribution < 1.29 is 19.1 Å². The number of piperidine rings is 1. The lowest BCUT2D eigenvalue weighted by Crippen LogP contribution is -2.40. The Morgan fingerprint density at radius 3 is 2.37 bits per heavy atom. The summed E-state index contributed by atoms with van der Waals surface area (Å²) in [5.41, 5.74) is 3.86. The van der Waals surface area contributed by atoms with Crippen molar-refractivity contribution in [2.24, 2.45) is 4.99 Å². The third-order valence-corrected chi connectivity index (χ3v) is 6.77. The summed E-state index contributed by atoms with van der Waals surface area (Å²) in [4.78, 5) is 34.4. The number of nitrogens with one attached hydrogen (secondary N) is 1. The summed E-state index contributed by atoms with van der Waals surface area (Å²) in [5.74, 6) is 0.612. The SMILES string of the molecule is CCC(=Nc1ccc(N(C)C(=O)CN2CCCCC2)cc1)C1C(=O)Nc2cc(OC)c(OC)cc21. The molecule has 35 heavy (non-hydrogen) atoms. The van der Waals surface area contributed by atoms with Gasteiger partial charge in [-0.2, -0.15) is 0 Å². The van der Waals surface area contributed by atoms with Crippen LogP contribution in [-0.4, -0.2) is 63.3 Å². The van der Waals surface area contributed by atoms with Crippen molar-refractivity contribution in [3.05, 3.63) is 42.0 Å². The molecule has 0 aliphatic carbocycles. The lowest BCUT2D eigenvalue weighted by molar-refractivity contribution is -0.119. The van der Waals surface area contributed by atoms with Crippen molar-refractivity contribution in [3.63, 3.8) is 0 Å². The first-order valence-electron chi connectivity index (χ1n) is 12.2. The number of methoxy groups -OCH3 is 2. The Kier molecular flexibility index (Phi) is 7.70. The van der Waals surface area contributed by atoms with Crippen LogP contribution < -0.4 is 19.7 Å². The van der Waals surface area contributed by atoms with Crippen LogP contribution in [0.1, 0.15) is 44.1 Å². The molecule has 0 saturated carbocycles. The third-order valence-electron chi connectivity index (χ3n) is 6.77. The van der Waals surface area contributed by atoms with Crippen molar-refractivity contribution in [3.8, 4) is 11.5 Å². The molecule has 4 rings (SSSR count). The molecule has 2 heterocycles. The normalized spacial score (nSPS) is 18.1. The fourth-order valence-corrected chi connectivity index (χ4v) is 4.74. The first-order chi connectivity index (χ1) is 16.9. The lowest BCUT2D eigenvalue weighted by Gasteiger charge is -2.28. The Labute approximate surface area is 206 Å². The van der Waals surface area contributed by atoms with E-state index in [1.54, 1.807) is 25.2 Å². The first kappa shape index (κ1) is 24.7. The van der Waals surface area contributed by atoms with E-state index in [4.69, 9.17) is 14.5 Å². The summed E-state index contributed by atoms with van der Waals surface area (Å²) in [5, 5.41) is 2.94. The summed E-state index contributed by atoms with van der Waals surface area (Å²) in [6.07, 6.45) is 4.18. The van der Waals surface area contributed by atoms with Gasteiger partial charge in [-0.25, -0.2) is 0 Å². The second-order valence-corrected chi connectivity index (χ2v) is 8.98. The summed E-state index contributed by atoms with van der Waals surface area (Å²) < 4.78 is 10.8. The predicted molar refractivity (Wildman–Crippen MR) is 138 cm³/mol. The predicted octanol–water partition coefficient (Wildman–Crippen LogP) is 4.37. The molecule has 0 aromatic heterocycles. The molecule has 1 fully saturated rings. The van der Waals surface area contributed by atoms with Crippen LogP contribution in [0.4, 0.5) is 17.1 Å². The third kappa shape index (κ3) is 5.32. The van der Waals surface area contributed by atoms with Gasteiger partial charge in [-0.1, -0.05) is 13.3 Å². The molecule has 8 heteroatoms. The van der Waals surface area contributed by atoms with E-state index in [2.05, 4.69) is 10.2 Å². The number of aliphatic imine (C=N–C) groups is 1. The van der Waals surface area contributed by atoms with Crippen molar-refractivity contribution in [2.75, 3.05) is 51.1 Å². The van der Waals surface area contributed by atoms with E-state index in [-0.39, 0.29) is 11.8 Å². The highest BCUT2D eigenvalue weighted by Crippen LogP contribution is 2.42. The number of fused-ring (bicyclic) bond motifs is 1. The van der Waals surface area contributed by atoms with Crippen LogP contribution in [0.15, 0.2) is 41.4 Å². The monoisotopic (exact) mass is 478 g/mol. The molecule has 2 aromatic rings. The van der Waals surface area contributed by atoms with Crippen molar-refractivity contribution in [2.45, 2.75) is 38.5 Å². The smallest absolute Gasteiger partial charge is 0.240 e. The van der Waals surface area contributed by atoms with Gasteiger partial charge in [0.2, 0.25) is 11.8 Å². The number of likely N-dealkylation sites (N-methyl/N-ethyl adjacent to an activating group) is 1. The second-order valence-electron chi connectivity index (χ2n) is 8.98. The van der Waals surface area contributed by atoms with E-state index >= 15 is 0 Å². The molecular formula is C27H34N4O4. The average molecular weight is 479 g/mol. The van der Waals surface area contributed by atoms with E-state index < -0.39 is 5.92 Å². The van der Waals surface area contributed by atoms with Crippen molar-refractivity contribution in [1.29, 1.82) is 0 Å². The van der Waals surface area contributed by atoms with Gasteiger partial charge in [0.25, 0.3) is 0 Å². The lowest BCUT2D eigenvalue weighted by atomic mass is 9.93. The van der Waals surface area contributed by atoms with Gasteiger partial charge in [0.15, 0.2) is 11.5 Å². The second kappa shape index (κ2) is 10.9. The molecular weight excluding hydrogens is 444 g/mol. The van der Waals surface area contributed by atoms with E-state index in [9.17, 15) is 9.59 Å². The maximum atomic E-state index is 12.9. The topological polar surface area (TPSA) is 83.5 Å². The summed E-state index contributed by atoms with van der Waals surface area (Å²) >= 11 is 0. The largest absolute Gasteiger partial charge is 0.493 e. The van der Waals surface area contributed by atoms with Crippen LogP contribution in [0.25, 0.3) is 0 Å². The van der Waals surface area contributed by atoms with Crippen molar-refractivity contribution in [1.82, 2.24) is 4.90 Å². The van der Waals surface area contributed by atoms with Crippen LogP contribution in [0.2, 0.25) is 0 Å². The Morgan fingerprint density at radius 2 is 1.74 bits per heavy atom. The van der Waals surface area contributed by atoms with Crippen LogP contribution >= 0.6 is 0 Å². The van der Waals surface area contributed by atoms with E-state index in [0.717, 1.165) is 48.6 Å². The van der Waals surface area contributed by atoms with Crippen LogP contribution in [0.3, 0.4) is 0 Å². The molecule has 0 bridgehead atoms. The minimum absolute atomic E-state index is 0.0843. The number of rotatable bonds is 8. The van der Waals surface area contributed by atoms with E-state index in [1.807, 2.05) is 44.3 Å². The Hall–Kier alpha value is -3.39. The summed E-state index contributed by atoms with van der Waals surface area (Å²) in [7, 11) is 4.96. The van der Waals surface area contributed by atoms with Gasteiger partial charge in [0.05, 0.1) is 26.5 Å². The summed E-state index contributed by atoms with van der Waals surface area (Å²) in [6.45, 7) is 4.42. The number of hydrogen-bond acceptors (Lipinski definition) is 6. The highest BCUT2D eigenvalue weighted by molar-refractivity contribution is 6.19. The van der Waals surface area contributed by atoms with E-state index in [1.165, 1.54) is 6.42 Å². The molecule has 1 N–H and O–H groups in total. The zero-order valence-electron chi connectivity index (χ0n) is 21.0. The number of hydrogen-bond donors (Lipinski definition) is 1. The van der Waals surface area contributed by atoms with Gasteiger partial charge in [0.1, 0.15) is 5.92 Å². The molecule has 2 aliphatic heterocycles. The zero-order chi connectivity index (χ0) is 24.9. The number of benzene rings is 2. The number of anilines is 2. The maximum Gasteiger partial charge on any atom is 0.240 e. The summed E-state index contributed by atoms with van der Waals surface area (Å²) in [6, 6.07) is 11.2. The number of amides is 2. The Balaban J connectivity index is 1.52.